The molecule has 1 atom stereocenters. The summed E-state index contributed by atoms with van der Waals surface area (Å²) in [6.45, 7) is 0.474. The van der Waals surface area contributed by atoms with Crippen LogP contribution in [-0.4, -0.2) is 22.1 Å². The highest BCUT2D eigenvalue weighted by atomic mass is 32.2. The van der Waals surface area contributed by atoms with Crippen LogP contribution in [0.5, 0.6) is 5.75 Å². The highest BCUT2D eigenvalue weighted by Gasteiger charge is 2.52. The first-order chi connectivity index (χ1) is 15.5. The van der Waals surface area contributed by atoms with Gasteiger partial charge in [0.05, 0.1) is 11.5 Å². The molecular formula is C25H21FN2O3S. The van der Waals surface area contributed by atoms with Gasteiger partial charge in [0, 0.05) is 29.5 Å². The number of carbonyl (C=O) groups excluding carboxylic acids is 1. The first kappa shape index (κ1) is 19.6. The van der Waals surface area contributed by atoms with E-state index in [1.54, 1.807) is 28.7 Å². The van der Waals surface area contributed by atoms with Crippen LogP contribution in [0, 0.1) is 11.2 Å². The van der Waals surface area contributed by atoms with Crippen molar-refractivity contribution in [3.63, 3.8) is 0 Å². The van der Waals surface area contributed by atoms with Crippen LogP contribution in [0.2, 0.25) is 0 Å². The summed E-state index contributed by atoms with van der Waals surface area (Å²) in [6, 6.07) is 14.0. The minimum atomic E-state index is -0.611. The third kappa shape index (κ3) is 2.70. The van der Waals surface area contributed by atoms with Crippen molar-refractivity contribution in [2.24, 2.45) is 5.41 Å². The highest BCUT2D eigenvalue weighted by molar-refractivity contribution is 7.98. The Balaban J connectivity index is 1.63. The zero-order valence-corrected chi connectivity index (χ0v) is 18.1. The monoisotopic (exact) mass is 448 g/mol. The number of halogens is 1. The first-order valence-corrected chi connectivity index (χ1v) is 11.7. The number of Topliss-reactive ketones (excluding diaryl/α,β-unsaturated/α-hetero) is 1. The Morgan fingerprint density at radius 3 is 2.66 bits per heavy atom. The van der Waals surface area contributed by atoms with Gasteiger partial charge < -0.3 is 5.11 Å². The number of hydrogen-bond donors (Lipinski definition) is 1. The highest BCUT2D eigenvalue weighted by Crippen LogP contribution is 2.50. The summed E-state index contributed by atoms with van der Waals surface area (Å²) in [5, 5.41) is 12.7. The Labute approximate surface area is 188 Å². The third-order valence-corrected chi connectivity index (χ3v) is 8.24. The molecule has 1 saturated carbocycles. The zero-order chi connectivity index (χ0) is 22.0. The molecule has 6 rings (SSSR count). The van der Waals surface area contributed by atoms with Crippen LogP contribution >= 0.6 is 11.8 Å². The molecule has 1 N–H and O–H groups in total. The Morgan fingerprint density at radius 1 is 1.06 bits per heavy atom. The molecule has 0 amide bonds. The van der Waals surface area contributed by atoms with E-state index in [4.69, 9.17) is 0 Å². The van der Waals surface area contributed by atoms with Crippen LogP contribution in [0.3, 0.4) is 0 Å². The fourth-order valence-electron chi connectivity index (χ4n) is 5.30. The quantitative estimate of drug-likeness (QED) is 0.598. The summed E-state index contributed by atoms with van der Waals surface area (Å²) in [5.41, 5.74) is 1.83. The van der Waals surface area contributed by atoms with Crippen LogP contribution in [0.25, 0.3) is 0 Å². The van der Waals surface area contributed by atoms with E-state index in [1.165, 1.54) is 12.1 Å². The maximum Gasteiger partial charge on any atom is 0.224 e. The summed E-state index contributed by atoms with van der Waals surface area (Å²) in [5.74, 6) is -0.296. The molecule has 3 aliphatic rings. The smallest absolute Gasteiger partial charge is 0.224 e. The van der Waals surface area contributed by atoms with E-state index >= 15 is 0 Å². The van der Waals surface area contributed by atoms with Crippen LogP contribution in [0.4, 0.5) is 4.39 Å². The van der Waals surface area contributed by atoms with Gasteiger partial charge in [-0.1, -0.05) is 30.7 Å². The lowest BCUT2D eigenvalue weighted by atomic mass is 9.64. The molecule has 5 nitrogen and oxygen atoms in total. The van der Waals surface area contributed by atoms with Crippen molar-refractivity contribution in [3.8, 4) is 5.75 Å². The minimum Gasteiger partial charge on any atom is -0.503 e. The number of benzene rings is 2. The summed E-state index contributed by atoms with van der Waals surface area (Å²) >= 11 is 1.67. The molecule has 32 heavy (non-hydrogen) atoms. The average Bonchev–Trinajstić information content (AvgIpc) is 2.92. The van der Waals surface area contributed by atoms with Gasteiger partial charge in [0.15, 0.2) is 17.2 Å². The largest absolute Gasteiger partial charge is 0.503 e. The number of aromatic hydroxyl groups is 1. The molecule has 2 aliphatic heterocycles. The lowest BCUT2D eigenvalue weighted by molar-refractivity contribution is 0.0537. The van der Waals surface area contributed by atoms with E-state index in [1.807, 2.05) is 18.2 Å². The Hall–Kier alpha value is -3.06. The van der Waals surface area contributed by atoms with E-state index in [0.717, 1.165) is 40.8 Å². The molecule has 3 heterocycles. The van der Waals surface area contributed by atoms with Gasteiger partial charge >= 0.3 is 0 Å². The third-order valence-electron chi connectivity index (χ3n) is 7.10. The van der Waals surface area contributed by atoms with Crippen molar-refractivity contribution in [2.45, 2.75) is 36.0 Å². The Kier molecular flexibility index (Phi) is 4.27. The number of aromatic nitrogens is 1. The molecule has 0 bridgehead atoms. The molecule has 2 aromatic carbocycles. The number of rotatable bonds is 1. The van der Waals surface area contributed by atoms with E-state index < -0.39 is 16.6 Å². The number of thioether (sulfide) groups is 1. The first-order valence-electron chi connectivity index (χ1n) is 10.7. The average molecular weight is 449 g/mol. The van der Waals surface area contributed by atoms with Gasteiger partial charge in [-0.25, -0.2) is 4.39 Å². The molecule has 0 radical (unpaired) electrons. The number of fused-ring (bicyclic) bond motifs is 3. The second-order valence-corrected chi connectivity index (χ2v) is 9.87. The molecule has 1 aromatic heterocycles. The van der Waals surface area contributed by atoms with Gasteiger partial charge in [0.2, 0.25) is 5.43 Å². The van der Waals surface area contributed by atoms with Crippen LogP contribution in [0.1, 0.15) is 52.5 Å². The van der Waals surface area contributed by atoms with Gasteiger partial charge in [-0.05, 0) is 47.7 Å². The number of hydrogen-bond acceptors (Lipinski definition) is 5. The summed E-state index contributed by atoms with van der Waals surface area (Å²) in [4.78, 5) is 26.8. The molecule has 162 valence electrons. The minimum absolute atomic E-state index is 0.0569. The topological polar surface area (TPSA) is 62.5 Å². The van der Waals surface area contributed by atoms with Crippen molar-refractivity contribution in [3.05, 3.63) is 93.2 Å². The van der Waals surface area contributed by atoms with Crippen molar-refractivity contribution in [1.29, 1.82) is 0 Å². The summed E-state index contributed by atoms with van der Waals surface area (Å²) in [7, 11) is 0. The standard InChI is InChI=1S/C25H21FN2O3S/c26-16-6-7-17-15(12-16)13-32-20-5-2-1-4-18(20)21(17)28-14-25(9-3-10-25)24(31)22-23(30)19(29)8-11-27(22)28/h1-2,4-8,11-12,21,30H,3,9-10,13-14H2. The number of carbonyl (C=O) groups is 1. The molecule has 3 aromatic rings. The second kappa shape index (κ2) is 6.97. The van der Waals surface area contributed by atoms with Crippen LogP contribution < -0.4 is 10.4 Å². The predicted molar refractivity (Wildman–Crippen MR) is 120 cm³/mol. The van der Waals surface area contributed by atoms with E-state index in [-0.39, 0.29) is 23.3 Å². The maximum atomic E-state index is 14.2. The fraction of sp³-hybridized carbons (Fsp3) is 0.280. The number of ketones is 1. The zero-order valence-electron chi connectivity index (χ0n) is 17.3. The van der Waals surface area contributed by atoms with Gasteiger partial charge in [0.25, 0.3) is 0 Å². The molecule has 1 unspecified atom stereocenters. The van der Waals surface area contributed by atoms with Crippen molar-refractivity contribution >= 4 is 17.5 Å². The van der Waals surface area contributed by atoms with Gasteiger partial charge in [-0.15, -0.1) is 11.8 Å². The molecule has 0 saturated heterocycles. The fourth-order valence-corrected chi connectivity index (χ4v) is 6.39. The summed E-state index contributed by atoms with van der Waals surface area (Å²) < 4.78 is 15.8. The predicted octanol–water partition coefficient (Wildman–Crippen LogP) is 4.39. The van der Waals surface area contributed by atoms with E-state index in [0.29, 0.717) is 12.3 Å². The molecule has 1 fully saturated rings. The lowest BCUT2D eigenvalue weighted by Crippen LogP contribution is -2.58. The van der Waals surface area contributed by atoms with Gasteiger partial charge in [-0.3, -0.25) is 19.3 Å². The van der Waals surface area contributed by atoms with Crippen molar-refractivity contribution in [1.82, 2.24) is 4.68 Å². The Bertz CT molecular complexity index is 1330. The van der Waals surface area contributed by atoms with Crippen LogP contribution in [0.15, 0.2) is 64.4 Å². The van der Waals surface area contributed by atoms with E-state index in [2.05, 4.69) is 17.1 Å². The molecule has 1 aliphatic carbocycles. The van der Waals surface area contributed by atoms with Gasteiger partial charge in [0.1, 0.15) is 5.82 Å². The summed E-state index contributed by atoms with van der Waals surface area (Å²) in [6.07, 6.45) is 3.97. The lowest BCUT2D eigenvalue weighted by Gasteiger charge is -2.51. The molecular weight excluding hydrogens is 427 g/mol. The normalized spacial score (nSPS) is 20.7. The SMILES string of the molecule is O=C1c2c(O)c(=O)ccn2N(C2c3ccc(F)cc3CSc3ccccc32)CC12CCC2. The number of nitrogens with zero attached hydrogens (tertiary/aromatic N) is 2. The Morgan fingerprint density at radius 2 is 1.88 bits per heavy atom. The van der Waals surface area contributed by atoms with Gasteiger partial charge in [-0.2, -0.15) is 0 Å². The van der Waals surface area contributed by atoms with Crippen LogP contribution in [-0.2, 0) is 5.75 Å². The molecule has 1 spiro atoms. The van der Waals surface area contributed by atoms with Crippen molar-refractivity contribution in [2.75, 3.05) is 11.6 Å². The second-order valence-electron chi connectivity index (χ2n) is 8.85. The van der Waals surface area contributed by atoms with E-state index in [9.17, 15) is 19.1 Å². The molecule has 7 heteroatoms. The number of pyridine rings is 1. The van der Waals surface area contributed by atoms with Crippen molar-refractivity contribution < 1.29 is 14.3 Å². The maximum absolute atomic E-state index is 14.2.